The molecule has 1 atom stereocenters. The normalized spacial score (nSPS) is 20.4. The highest BCUT2D eigenvalue weighted by Gasteiger charge is 2.60. The van der Waals surface area contributed by atoms with E-state index in [9.17, 15) is 35.1 Å². The average Bonchev–Trinajstić information content (AvgIpc) is 3.09. The summed E-state index contributed by atoms with van der Waals surface area (Å²) in [6, 6.07) is 4.32. The van der Waals surface area contributed by atoms with Gasteiger partial charge in [0.05, 0.1) is 10.6 Å². The molecule has 1 fully saturated rings. The Bertz CT molecular complexity index is 941. The van der Waals surface area contributed by atoms with Crippen LogP contribution in [0.4, 0.5) is 40.8 Å². The predicted molar refractivity (Wildman–Crippen MR) is 92.4 cm³/mol. The minimum absolute atomic E-state index is 0.106. The van der Waals surface area contributed by atoms with E-state index in [1.807, 2.05) is 0 Å². The van der Waals surface area contributed by atoms with Gasteiger partial charge in [0.1, 0.15) is 16.3 Å². The maximum Gasteiger partial charge on any atom is 0.416 e. The summed E-state index contributed by atoms with van der Waals surface area (Å²) in [6.07, 6.45) is -10.4. The monoisotopic (exact) mass is 463 g/mol. The summed E-state index contributed by atoms with van der Waals surface area (Å²) in [6.45, 7) is -1.19. The molecule has 0 aromatic heterocycles. The molecule has 29 heavy (non-hydrogen) atoms. The summed E-state index contributed by atoms with van der Waals surface area (Å²) >= 11 is 11.0. The first kappa shape index (κ1) is 22.0. The maximum absolute atomic E-state index is 14.5. The first-order valence-corrected chi connectivity index (χ1v) is 8.86. The van der Waals surface area contributed by atoms with Crippen molar-refractivity contribution in [2.45, 2.75) is 24.2 Å². The molecular formula is C18H11Cl2F8N. The van der Waals surface area contributed by atoms with Crippen molar-refractivity contribution in [3.63, 3.8) is 0 Å². The zero-order valence-electron chi connectivity index (χ0n) is 14.2. The van der Waals surface area contributed by atoms with Crippen molar-refractivity contribution in [1.29, 1.82) is 0 Å². The van der Waals surface area contributed by atoms with Crippen LogP contribution >= 0.6 is 23.2 Å². The lowest BCUT2D eigenvalue weighted by Crippen LogP contribution is -2.45. The Morgan fingerprint density at radius 3 is 2.17 bits per heavy atom. The van der Waals surface area contributed by atoms with Crippen LogP contribution in [0.3, 0.4) is 0 Å². The van der Waals surface area contributed by atoms with E-state index in [1.54, 1.807) is 0 Å². The third-order valence-corrected chi connectivity index (χ3v) is 5.58. The molecule has 0 saturated carbocycles. The molecular weight excluding hydrogens is 453 g/mol. The van der Waals surface area contributed by atoms with Crippen LogP contribution in [-0.2, 0) is 11.6 Å². The summed E-state index contributed by atoms with van der Waals surface area (Å²) in [5.41, 5.74) is -4.91. The highest BCUT2D eigenvalue weighted by molar-refractivity contribution is 6.35. The molecule has 3 rings (SSSR count). The van der Waals surface area contributed by atoms with Crippen molar-refractivity contribution in [3.05, 3.63) is 63.1 Å². The molecule has 0 bridgehead atoms. The summed E-state index contributed by atoms with van der Waals surface area (Å²) in [5, 5.41) is -1.96. The zero-order valence-corrected chi connectivity index (χ0v) is 15.7. The Hall–Kier alpha value is -1.74. The summed E-state index contributed by atoms with van der Waals surface area (Å²) in [7, 11) is 0. The topological polar surface area (TPSA) is 3.24 Å². The van der Waals surface area contributed by atoms with Gasteiger partial charge in [-0.05, 0) is 30.7 Å². The molecule has 2 aromatic carbocycles. The van der Waals surface area contributed by atoms with Crippen LogP contribution in [0.5, 0.6) is 0 Å². The number of anilines is 1. The first-order chi connectivity index (χ1) is 13.3. The zero-order chi connectivity index (χ0) is 21.8. The Morgan fingerprint density at radius 1 is 0.931 bits per heavy atom. The van der Waals surface area contributed by atoms with E-state index < -0.39 is 63.5 Å². The van der Waals surface area contributed by atoms with Gasteiger partial charge in [-0.2, -0.15) is 26.3 Å². The van der Waals surface area contributed by atoms with Crippen LogP contribution in [0.25, 0.3) is 0 Å². The van der Waals surface area contributed by atoms with Gasteiger partial charge in [0.15, 0.2) is 5.82 Å². The van der Waals surface area contributed by atoms with Crippen molar-refractivity contribution in [2.24, 2.45) is 0 Å². The molecule has 0 amide bonds. The lowest BCUT2D eigenvalue weighted by atomic mass is 9.78. The molecule has 0 N–H and O–H groups in total. The van der Waals surface area contributed by atoms with Gasteiger partial charge >= 0.3 is 12.4 Å². The van der Waals surface area contributed by atoms with E-state index in [0.717, 1.165) is 17.0 Å². The molecule has 1 saturated heterocycles. The van der Waals surface area contributed by atoms with E-state index in [2.05, 4.69) is 0 Å². The highest BCUT2D eigenvalue weighted by atomic mass is 35.5. The number of benzene rings is 2. The Balaban J connectivity index is 2.09. The number of hydrogen-bond acceptors (Lipinski definition) is 1. The van der Waals surface area contributed by atoms with Crippen molar-refractivity contribution >= 4 is 28.9 Å². The van der Waals surface area contributed by atoms with Gasteiger partial charge < -0.3 is 4.90 Å². The van der Waals surface area contributed by atoms with Gasteiger partial charge in [0.25, 0.3) is 0 Å². The number of alkyl halides is 6. The van der Waals surface area contributed by atoms with E-state index >= 15 is 0 Å². The Kier molecular flexibility index (Phi) is 5.45. The van der Waals surface area contributed by atoms with Crippen LogP contribution < -0.4 is 4.90 Å². The third kappa shape index (κ3) is 3.74. The standard InChI is InChI=1S/C18H11Cl2F8N/c19-12-7-11(14(21)13(20)15(12)22)16(18(26,27)28)4-5-29(8-16)10-3-1-2-9(6-10)17(23,24)25/h1-3,6-7H,4-5,8H2. The van der Waals surface area contributed by atoms with Crippen LogP contribution in [0.1, 0.15) is 17.5 Å². The number of rotatable bonds is 2. The van der Waals surface area contributed by atoms with Gasteiger partial charge in [-0.3, -0.25) is 0 Å². The van der Waals surface area contributed by atoms with Gasteiger partial charge in [0, 0.05) is 24.3 Å². The van der Waals surface area contributed by atoms with Gasteiger partial charge in [-0.1, -0.05) is 29.3 Å². The van der Waals surface area contributed by atoms with E-state index in [0.29, 0.717) is 12.1 Å². The largest absolute Gasteiger partial charge is 0.416 e. The summed E-state index contributed by atoms with van der Waals surface area (Å²) in [5.74, 6) is -2.99. The van der Waals surface area contributed by atoms with Crippen LogP contribution in [-0.4, -0.2) is 19.3 Å². The molecule has 1 nitrogen and oxygen atoms in total. The van der Waals surface area contributed by atoms with Crippen molar-refractivity contribution in [3.8, 4) is 0 Å². The summed E-state index contributed by atoms with van der Waals surface area (Å²) < 4.78 is 109. The molecule has 0 spiro atoms. The highest BCUT2D eigenvalue weighted by Crippen LogP contribution is 2.51. The first-order valence-electron chi connectivity index (χ1n) is 8.10. The molecule has 1 aliphatic rings. The second-order valence-electron chi connectivity index (χ2n) is 6.65. The Morgan fingerprint density at radius 2 is 1.59 bits per heavy atom. The fraction of sp³-hybridized carbons (Fsp3) is 0.333. The van der Waals surface area contributed by atoms with Crippen molar-refractivity contribution in [1.82, 2.24) is 0 Å². The maximum atomic E-state index is 14.5. The molecule has 1 aliphatic heterocycles. The molecule has 1 unspecified atom stereocenters. The Labute approximate surface area is 169 Å². The fourth-order valence-corrected chi connectivity index (χ4v) is 3.89. The van der Waals surface area contributed by atoms with Crippen LogP contribution in [0, 0.1) is 11.6 Å². The molecule has 0 radical (unpaired) electrons. The average molecular weight is 464 g/mol. The van der Waals surface area contributed by atoms with Gasteiger partial charge in [-0.15, -0.1) is 0 Å². The molecule has 0 aliphatic carbocycles. The predicted octanol–water partition coefficient (Wildman–Crippen LogP) is 7.00. The SMILES string of the molecule is Fc1c(Cl)cc(C2(C(F)(F)F)CCN(c3cccc(C(F)(F)F)c3)C2)c(F)c1Cl. The summed E-state index contributed by atoms with van der Waals surface area (Å²) in [4.78, 5) is 1.06. The van der Waals surface area contributed by atoms with E-state index in [4.69, 9.17) is 23.2 Å². The smallest absolute Gasteiger partial charge is 0.370 e. The van der Waals surface area contributed by atoms with Crippen molar-refractivity contribution < 1.29 is 35.1 Å². The molecule has 1 heterocycles. The van der Waals surface area contributed by atoms with Crippen LogP contribution in [0.2, 0.25) is 10.0 Å². The molecule has 11 heteroatoms. The molecule has 158 valence electrons. The fourth-order valence-electron chi connectivity index (χ4n) is 3.43. The number of halogens is 10. The third-order valence-electron chi connectivity index (χ3n) is 4.97. The van der Waals surface area contributed by atoms with Crippen LogP contribution in [0.15, 0.2) is 30.3 Å². The van der Waals surface area contributed by atoms with Gasteiger partial charge in [0.2, 0.25) is 0 Å². The minimum Gasteiger partial charge on any atom is -0.370 e. The van der Waals surface area contributed by atoms with Gasteiger partial charge in [-0.25, -0.2) is 8.78 Å². The minimum atomic E-state index is -5.01. The van der Waals surface area contributed by atoms with E-state index in [-0.39, 0.29) is 12.2 Å². The number of nitrogens with zero attached hydrogens (tertiary/aromatic N) is 1. The van der Waals surface area contributed by atoms with Crippen molar-refractivity contribution in [2.75, 3.05) is 18.0 Å². The lowest BCUT2D eigenvalue weighted by molar-refractivity contribution is -0.185. The molecule has 2 aromatic rings. The second-order valence-corrected chi connectivity index (χ2v) is 7.43. The second kappa shape index (κ2) is 7.19. The lowest BCUT2D eigenvalue weighted by Gasteiger charge is -2.33. The quantitative estimate of drug-likeness (QED) is 0.263. The van der Waals surface area contributed by atoms with E-state index in [1.165, 1.54) is 6.07 Å². The number of hydrogen-bond donors (Lipinski definition) is 0.